The lowest BCUT2D eigenvalue weighted by Crippen LogP contribution is -2.32. The number of rotatable bonds is 5. The maximum Gasteiger partial charge on any atom is 0.220 e. The molecule has 1 heterocycles. The Labute approximate surface area is 153 Å². The summed E-state index contributed by atoms with van der Waals surface area (Å²) in [6.45, 7) is 7.68. The van der Waals surface area contributed by atoms with Gasteiger partial charge in [-0.2, -0.15) is 5.10 Å². The molecule has 25 heavy (non-hydrogen) atoms. The molecular weight excluding hydrogens is 332 g/mol. The van der Waals surface area contributed by atoms with E-state index in [-0.39, 0.29) is 11.3 Å². The van der Waals surface area contributed by atoms with Gasteiger partial charge in [0.05, 0.1) is 0 Å². The average molecular weight is 359 g/mol. The van der Waals surface area contributed by atoms with E-state index in [0.29, 0.717) is 30.2 Å². The summed E-state index contributed by atoms with van der Waals surface area (Å²) in [5.74, 6) is 1.25. The Kier molecular flexibility index (Phi) is 5.08. The van der Waals surface area contributed by atoms with Crippen LogP contribution in [0, 0.1) is 11.7 Å². The van der Waals surface area contributed by atoms with Crippen molar-refractivity contribution in [3.63, 3.8) is 0 Å². The number of carbonyl (C=O) groups excluding carboxylic acids is 1. The van der Waals surface area contributed by atoms with Gasteiger partial charge in [0, 0.05) is 19.5 Å². The van der Waals surface area contributed by atoms with Crippen molar-refractivity contribution in [2.45, 2.75) is 57.9 Å². The molecule has 2 N–H and O–H groups in total. The van der Waals surface area contributed by atoms with E-state index in [1.54, 1.807) is 0 Å². The number of hydrogen-bond donors (Lipinski definition) is 2. The van der Waals surface area contributed by atoms with Crippen LogP contribution in [0.4, 0.5) is 0 Å². The molecule has 0 fully saturated rings. The summed E-state index contributed by atoms with van der Waals surface area (Å²) in [5.41, 5.74) is 2.92. The molecule has 1 aromatic heterocycles. The Balaban J connectivity index is 1.59. The standard InChI is InChI=1S/C19H26N4OS/c1-13-21-22-18(25)23(13)11-10-20-17(24)12-14-8-9-19(2,3)16-7-5-4-6-15(14)16/h4-7,14H,8-12H2,1-3H3,(H,20,24)(H,22,25)/t14-/m1/s1. The number of nitrogens with one attached hydrogen (secondary N) is 2. The highest BCUT2D eigenvalue weighted by molar-refractivity contribution is 7.71. The number of amides is 1. The van der Waals surface area contributed by atoms with Crippen molar-refractivity contribution in [2.24, 2.45) is 0 Å². The molecule has 3 rings (SSSR count). The van der Waals surface area contributed by atoms with Crippen LogP contribution in [0.15, 0.2) is 24.3 Å². The summed E-state index contributed by atoms with van der Waals surface area (Å²) >= 11 is 5.18. The topological polar surface area (TPSA) is 62.7 Å². The minimum Gasteiger partial charge on any atom is -0.354 e. The number of fused-ring (bicyclic) bond motifs is 1. The van der Waals surface area contributed by atoms with E-state index < -0.39 is 0 Å². The number of nitrogens with zero attached hydrogens (tertiary/aromatic N) is 2. The molecule has 0 bridgehead atoms. The lowest BCUT2D eigenvalue weighted by molar-refractivity contribution is -0.121. The molecule has 0 unspecified atom stereocenters. The van der Waals surface area contributed by atoms with Gasteiger partial charge in [0.15, 0.2) is 4.77 Å². The van der Waals surface area contributed by atoms with Crippen molar-refractivity contribution in [1.29, 1.82) is 0 Å². The molecule has 1 aliphatic carbocycles. The molecule has 1 aromatic carbocycles. The Morgan fingerprint density at radius 2 is 2.20 bits per heavy atom. The fourth-order valence-electron chi connectivity index (χ4n) is 3.77. The van der Waals surface area contributed by atoms with Gasteiger partial charge < -0.3 is 9.88 Å². The maximum absolute atomic E-state index is 12.4. The van der Waals surface area contributed by atoms with Crippen LogP contribution in [-0.4, -0.2) is 27.2 Å². The average Bonchev–Trinajstić information content (AvgIpc) is 2.90. The van der Waals surface area contributed by atoms with Crippen molar-refractivity contribution in [3.05, 3.63) is 46.0 Å². The van der Waals surface area contributed by atoms with Crippen molar-refractivity contribution < 1.29 is 4.79 Å². The number of hydrogen-bond acceptors (Lipinski definition) is 3. The number of H-pyrrole nitrogens is 1. The Morgan fingerprint density at radius 1 is 1.44 bits per heavy atom. The van der Waals surface area contributed by atoms with E-state index in [1.807, 2.05) is 11.5 Å². The number of carbonyl (C=O) groups is 1. The minimum absolute atomic E-state index is 0.104. The van der Waals surface area contributed by atoms with Crippen molar-refractivity contribution >= 4 is 18.1 Å². The van der Waals surface area contributed by atoms with Crippen LogP contribution < -0.4 is 5.32 Å². The summed E-state index contributed by atoms with van der Waals surface area (Å²) in [4.78, 5) is 12.4. The smallest absolute Gasteiger partial charge is 0.220 e. The molecule has 0 saturated carbocycles. The first-order valence-electron chi connectivity index (χ1n) is 8.86. The first kappa shape index (κ1) is 17.9. The second-order valence-electron chi connectivity index (χ2n) is 7.49. The largest absolute Gasteiger partial charge is 0.354 e. The summed E-state index contributed by atoms with van der Waals surface area (Å²) < 4.78 is 2.49. The maximum atomic E-state index is 12.4. The van der Waals surface area contributed by atoms with Gasteiger partial charge in [0.25, 0.3) is 0 Å². The molecule has 1 aliphatic rings. The molecule has 6 heteroatoms. The molecule has 2 aromatic rings. The third-order valence-electron chi connectivity index (χ3n) is 5.29. The SMILES string of the molecule is Cc1n[nH]c(=S)n1CCNC(=O)C[C@H]1CCC(C)(C)c2ccccc21. The van der Waals surface area contributed by atoms with Gasteiger partial charge in [0.1, 0.15) is 5.82 Å². The summed E-state index contributed by atoms with van der Waals surface area (Å²) in [6, 6.07) is 8.57. The number of aromatic nitrogens is 3. The first-order valence-corrected chi connectivity index (χ1v) is 9.27. The van der Waals surface area contributed by atoms with Crippen LogP contribution in [0.2, 0.25) is 0 Å². The zero-order chi connectivity index (χ0) is 18.0. The molecule has 5 nitrogen and oxygen atoms in total. The fourth-order valence-corrected chi connectivity index (χ4v) is 4.04. The summed E-state index contributed by atoms with van der Waals surface area (Å²) in [7, 11) is 0. The molecule has 0 aliphatic heterocycles. The summed E-state index contributed by atoms with van der Waals surface area (Å²) in [5, 5.41) is 9.87. The van der Waals surface area contributed by atoms with Crippen LogP contribution in [0.1, 0.15) is 56.0 Å². The third kappa shape index (κ3) is 3.84. The van der Waals surface area contributed by atoms with Crippen LogP contribution >= 0.6 is 12.2 Å². The molecule has 0 saturated heterocycles. The van der Waals surface area contributed by atoms with E-state index in [1.165, 1.54) is 11.1 Å². The summed E-state index contributed by atoms with van der Waals surface area (Å²) in [6.07, 6.45) is 2.72. The van der Waals surface area contributed by atoms with Crippen molar-refractivity contribution in [2.75, 3.05) is 6.54 Å². The van der Waals surface area contributed by atoms with Crippen molar-refractivity contribution in [3.8, 4) is 0 Å². The predicted molar refractivity (Wildman–Crippen MR) is 101 cm³/mol. The minimum atomic E-state index is 0.104. The molecular formula is C19H26N4OS. The quantitative estimate of drug-likeness (QED) is 0.803. The monoisotopic (exact) mass is 358 g/mol. The number of benzene rings is 1. The fraction of sp³-hybridized carbons (Fsp3) is 0.526. The predicted octanol–water partition coefficient (Wildman–Crippen LogP) is 3.61. The van der Waals surface area contributed by atoms with Crippen LogP contribution in [0.25, 0.3) is 0 Å². The molecule has 0 radical (unpaired) electrons. The van der Waals surface area contributed by atoms with Gasteiger partial charge in [0.2, 0.25) is 5.91 Å². The highest BCUT2D eigenvalue weighted by Gasteiger charge is 2.32. The van der Waals surface area contributed by atoms with Gasteiger partial charge in [-0.25, -0.2) is 0 Å². The van der Waals surface area contributed by atoms with E-state index in [9.17, 15) is 4.79 Å². The Hall–Kier alpha value is -1.95. The zero-order valence-electron chi connectivity index (χ0n) is 15.1. The zero-order valence-corrected chi connectivity index (χ0v) is 15.9. The van der Waals surface area contributed by atoms with Gasteiger partial charge in [-0.05, 0) is 54.4 Å². The lowest BCUT2D eigenvalue weighted by atomic mass is 9.68. The van der Waals surface area contributed by atoms with E-state index >= 15 is 0 Å². The third-order valence-corrected chi connectivity index (χ3v) is 5.60. The second kappa shape index (κ2) is 7.12. The van der Waals surface area contributed by atoms with E-state index in [4.69, 9.17) is 12.2 Å². The normalized spacial score (nSPS) is 18.6. The highest BCUT2D eigenvalue weighted by atomic mass is 32.1. The Bertz CT molecular complexity index is 821. The van der Waals surface area contributed by atoms with Crippen molar-refractivity contribution in [1.82, 2.24) is 20.1 Å². The van der Waals surface area contributed by atoms with E-state index in [2.05, 4.69) is 53.6 Å². The van der Waals surface area contributed by atoms with Gasteiger partial charge >= 0.3 is 0 Å². The Morgan fingerprint density at radius 3 is 2.92 bits per heavy atom. The van der Waals surface area contributed by atoms with Gasteiger partial charge in [-0.1, -0.05) is 38.1 Å². The van der Waals surface area contributed by atoms with Gasteiger partial charge in [-0.3, -0.25) is 9.89 Å². The van der Waals surface area contributed by atoms with Crippen LogP contribution in [0.5, 0.6) is 0 Å². The second-order valence-corrected chi connectivity index (χ2v) is 7.88. The van der Waals surface area contributed by atoms with E-state index in [0.717, 1.165) is 18.7 Å². The first-order chi connectivity index (χ1) is 11.9. The van der Waals surface area contributed by atoms with Crippen LogP contribution in [-0.2, 0) is 16.8 Å². The van der Waals surface area contributed by atoms with Gasteiger partial charge in [-0.15, -0.1) is 0 Å². The molecule has 134 valence electrons. The highest BCUT2D eigenvalue weighted by Crippen LogP contribution is 2.43. The molecule has 0 spiro atoms. The number of aryl methyl sites for hydroxylation is 1. The lowest BCUT2D eigenvalue weighted by Gasteiger charge is -2.37. The number of aromatic amines is 1. The molecule has 1 atom stereocenters. The van der Waals surface area contributed by atoms with Crippen LogP contribution in [0.3, 0.4) is 0 Å². The molecule has 1 amide bonds.